The lowest BCUT2D eigenvalue weighted by Gasteiger charge is -1.99. The number of rotatable bonds is 0. The van der Waals surface area contributed by atoms with Crippen molar-refractivity contribution in [3.8, 4) is 23.0 Å². The molecule has 0 fully saturated rings. The van der Waals surface area contributed by atoms with Gasteiger partial charge in [0.15, 0.2) is 11.5 Å². The molecule has 0 radical (unpaired) electrons. The normalized spacial score (nSPS) is 15.9. The van der Waals surface area contributed by atoms with E-state index in [1.165, 1.54) is 12.1 Å². The summed E-state index contributed by atoms with van der Waals surface area (Å²) in [4.78, 5) is 0. The van der Waals surface area contributed by atoms with Gasteiger partial charge >= 0.3 is 0 Å². The molecule has 1 atom stereocenters. The highest BCUT2D eigenvalue weighted by molar-refractivity contribution is 5.44. The van der Waals surface area contributed by atoms with Crippen LogP contribution in [0.15, 0.2) is 42.5 Å². The van der Waals surface area contributed by atoms with E-state index in [-0.39, 0.29) is 11.5 Å². The first kappa shape index (κ1) is 13.1. The Kier molecular flexibility index (Phi) is 3.80. The minimum absolute atomic E-state index is 0.0764. The van der Waals surface area contributed by atoms with Crippen LogP contribution in [0.1, 0.15) is 18.4 Å². The van der Waals surface area contributed by atoms with E-state index in [4.69, 9.17) is 20.1 Å². The Balaban J connectivity index is 0.000000148. The monoisotopic (exact) mass is 260 g/mol. The van der Waals surface area contributed by atoms with Crippen molar-refractivity contribution in [1.82, 2.24) is 0 Å². The molecule has 0 aromatic heterocycles. The summed E-state index contributed by atoms with van der Waals surface area (Å²) >= 11 is 0. The number of ether oxygens (including phenoxy) is 1. The molecular formula is C15H16O4. The molecule has 1 unspecified atom stereocenters. The summed E-state index contributed by atoms with van der Waals surface area (Å²) in [6.45, 7) is 2.82. The zero-order chi connectivity index (χ0) is 13.8. The topological polar surface area (TPSA) is 69.9 Å². The van der Waals surface area contributed by atoms with E-state index in [1.807, 2.05) is 6.07 Å². The number of hydrogen-bond acceptors (Lipinski definition) is 4. The zero-order valence-electron chi connectivity index (χ0n) is 10.6. The number of hydrogen-bond donors (Lipinski definition) is 3. The van der Waals surface area contributed by atoms with Crippen molar-refractivity contribution in [3.63, 3.8) is 0 Å². The molecule has 1 heterocycles. The van der Waals surface area contributed by atoms with Crippen molar-refractivity contribution in [2.24, 2.45) is 0 Å². The Morgan fingerprint density at radius 3 is 2.21 bits per heavy atom. The average molecular weight is 260 g/mol. The molecule has 0 saturated carbocycles. The lowest BCUT2D eigenvalue weighted by molar-refractivity contribution is 0.337. The number of fused-ring (bicyclic) bond motifs is 1. The first-order valence-electron chi connectivity index (χ1n) is 6.00. The molecule has 2 aromatic carbocycles. The predicted molar refractivity (Wildman–Crippen MR) is 71.8 cm³/mol. The van der Waals surface area contributed by atoms with Crippen LogP contribution in [-0.2, 0) is 0 Å². The van der Waals surface area contributed by atoms with Crippen molar-refractivity contribution >= 4 is 0 Å². The summed E-state index contributed by atoms with van der Waals surface area (Å²) in [5.74, 6) is 1.49. The molecule has 4 heteroatoms. The fourth-order valence-corrected chi connectivity index (χ4v) is 1.82. The molecule has 1 aliphatic heterocycles. The van der Waals surface area contributed by atoms with Crippen LogP contribution in [0.4, 0.5) is 0 Å². The van der Waals surface area contributed by atoms with E-state index < -0.39 is 0 Å². The van der Waals surface area contributed by atoms with E-state index in [2.05, 4.69) is 6.92 Å². The molecule has 19 heavy (non-hydrogen) atoms. The maximum Gasteiger partial charge on any atom is 0.157 e. The molecule has 0 bridgehead atoms. The smallest absolute Gasteiger partial charge is 0.157 e. The maximum absolute atomic E-state index is 9.16. The quantitative estimate of drug-likeness (QED) is 0.637. The molecule has 2 aromatic rings. The minimum Gasteiger partial charge on any atom is -0.508 e. The van der Waals surface area contributed by atoms with Crippen molar-refractivity contribution in [3.05, 3.63) is 48.0 Å². The van der Waals surface area contributed by atoms with E-state index in [1.54, 1.807) is 24.3 Å². The van der Waals surface area contributed by atoms with Gasteiger partial charge in [-0.25, -0.2) is 0 Å². The summed E-state index contributed by atoms with van der Waals surface area (Å²) in [6, 6.07) is 11.4. The van der Waals surface area contributed by atoms with Gasteiger partial charge in [0.1, 0.15) is 11.5 Å². The van der Waals surface area contributed by atoms with Crippen LogP contribution in [0.2, 0.25) is 0 Å². The van der Waals surface area contributed by atoms with Crippen LogP contribution in [0.3, 0.4) is 0 Å². The second-order valence-electron chi connectivity index (χ2n) is 4.42. The Morgan fingerprint density at radius 1 is 1.00 bits per heavy atom. The van der Waals surface area contributed by atoms with Crippen molar-refractivity contribution < 1.29 is 20.1 Å². The number of phenols is 3. The van der Waals surface area contributed by atoms with Crippen molar-refractivity contribution in [2.75, 3.05) is 6.61 Å². The lowest BCUT2D eigenvalue weighted by atomic mass is 10.0. The number of para-hydroxylation sites is 2. The van der Waals surface area contributed by atoms with Gasteiger partial charge in [0.2, 0.25) is 0 Å². The van der Waals surface area contributed by atoms with Crippen LogP contribution in [0, 0.1) is 0 Å². The van der Waals surface area contributed by atoms with E-state index in [9.17, 15) is 0 Å². The second-order valence-corrected chi connectivity index (χ2v) is 4.42. The van der Waals surface area contributed by atoms with Gasteiger partial charge in [0.05, 0.1) is 6.61 Å². The SMILES string of the molecule is CC1COc2ccc(O)cc21.Oc1ccccc1O. The first-order chi connectivity index (χ1) is 9.08. The Hall–Kier alpha value is -2.36. The van der Waals surface area contributed by atoms with E-state index in [0.29, 0.717) is 11.7 Å². The Morgan fingerprint density at radius 2 is 1.63 bits per heavy atom. The zero-order valence-corrected chi connectivity index (χ0v) is 10.6. The summed E-state index contributed by atoms with van der Waals surface area (Å²) in [6.07, 6.45) is 0. The summed E-state index contributed by atoms with van der Waals surface area (Å²) in [5, 5.41) is 26.5. The molecule has 1 aliphatic rings. The third-order valence-corrected chi connectivity index (χ3v) is 2.89. The third-order valence-electron chi connectivity index (χ3n) is 2.89. The van der Waals surface area contributed by atoms with Crippen LogP contribution in [0.25, 0.3) is 0 Å². The third kappa shape index (κ3) is 3.10. The van der Waals surface area contributed by atoms with E-state index in [0.717, 1.165) is 17.9 Å². The summed E-state index contributed by atoms with van der Waals surface area (Å²) in [5.41, 5.74) is 1.12. The fraction of sp³-hybridized carbons (Fsp3) is 0.200. The highest BCUT2D eigenvalue weighted by Gasteiger charge is 2.19. The van der Waals surface area contributed by atoms with E-state index >= 15 is 0 Å². The molecule has 100 valence electrons. The van der Waals surface area contributed by atoms with Gasteiger partial charge < -0.3 is 20.1 Å². The highest BCUT2D eigenvalue weighted by Crippen LogP contribution is 2.35. The fourth-order valence-electron chi connectivity index (χ4n) is 1.82. The largest absolute Gasteiger partial charge is 0.508 e. The second kappa shape index (κ2) is 5.52. The van der Waals surface area contributed by atoms with Crippen LogP contribution < -0.4 is 4.74 Å². The average Bonchev–Trinajstić information content (AvgIpc) is 2.75. The van der Waals surface area contributed by atoms with Gasteiger partial charge in [0, 0.05) is 11.5 Å². The van der Waals surface area contributed by atoms with Gasteiger partial charge in [-0.1, -0.05) is 19.1 Å². The van der Waals surface area contributed by atoms with Crippen LogP contribution in [-0.4, -0.2) is 21.9 Å². The number of aromatic hydroxyl groups is 3. The van der Waals surface area contributed by atoms with Crippen molar-refractivity contribution in [2.45, 2.75) is 12.8 Å². The molecule has 3 rings (SSSR count). The molecule has 0 saturated heterocycles. The molecule has 3 N–H and O–H groups in total. The number of phenolic OH excluding ortho intramolecular Hbond substituents is 3. The first-order valence-corrected chi connectivity index (χ1v) is 6.00. The minimum atomic E-state index is -0.0764. The summed E-state index contributed by atoms with van der Waals surface area (Å²) in [7, 11) is 0. The van der Waals surface area contributed by atoms with Gasteiger partial charge in [-0.2, -0.15) is 0 Å². The van der Waals surface area contributed by atoms with Crippen LogP contribution in [0.5, 0.6) is 23.0 Å². The number of benzene rings is 2. The highest BCUT2D eigenvalue weighted by atomic mass is 16.5. The standard InChI is InChI=1S/C9H10O2.C6H6O2/c1-6-5-11-9-3-2-7(10)4-8(6)9;7-5-3-1-2-4-6(5)8/h2-4,6,10H,5H2,1H3;1-4,7-8H. The Labute approximate surface area is 111 Å². The molecule has 0 spiro atoms. The van der Waals surface area contributed by atoms with Crippen molar-refractivity contribution in [1.29, 1.82) is 0 Å². The van der Waals surface area contributed by atoms with Gasteiger partial charge in [-0.15, -0.1) is 0 Å². The predicted octanol–water partition coefficient (Wildman–Crippen LogP) is 2.99. The Bertz CT molecular complexity index is 545. The summed E-state index contributed by atoms with van der Waals surface area (Å²) < 4.78 is 5.35. The maximum atomic E-state index is 9.16. The van der Waals surface area contributed by atoms with Gasteiger partial charge in [0.25, 0.3) is 0 Å². The molecular weight excluding hydrogens is 244 g/mol. The van der Waals surface area contributed by atoms with Gasteiger partial charge in [-0.05, 0) is 30.3 Å². The van der Waals surface area contributed by atoms with Crippen LogP contribution >= 0.6 is 0 Å². The molecule has 0 amide bonds. The lowest BCUT2D eigenvalue weighted by Crippen LogP contribution is -1.93. The molecule has 4 nitrogen and oxygen atoms in total. The molecule has 0 aliphatic carbocycles. The van der Waals surface area contributed by atoms with Gasteiger partial charge in [-0.3, -0.25) is 0 Å².